The fourth-order valence-electron chi connectivity index (χ4n) is 2.65. The maximum atomic E-state index is 12.1. The Hall–Kier alpha value is -2.75. The van der Waals surface area contributed by atoms with Gasteiger partial charge in [-0.1, -0.05) is 52.8 Å². The predicted molar refractivity (Wildman–Crippen MR) is 118 cm³/mol. The molecule has 4 nitrogen and oxygen atoms in total. The number of hydrogen-bond acceptors (Lipinski definition) is 4. The number of esters is 1. The molecule has 0 N–H and O–H groups in total. The summed E-state index contributed by atoms with van der Waals surface area (Å²) in [7, 11) is 1.60. The molecular weight excluding hydrogens is 364 g/mol. The molecule has 0 saturated heterocycles. The summed E-state index contributed by atoms with van der Waals surface area (Å²) in [6.45, 7) is 11.4. The second-order valence-corrected chi connectivity index (χ2v) is 8.47. The molecule has 0 fully saturated rings. The number of carbonyl (C=O) groups excluding carboxylic acids is 1. The lowest BCUT2D eigenvalue weighted by molar-refractivity contribution is -0.128. The lowest BCUT2D eigenvalue weighted by Crippen LogP contribution is -2.11. The van der Waals surface area contributed by atoms with Crippen molar-refractivity contribution in [2.75, 3.05) is 13.7 Å². The molecule has 4 heteroatoms. The second-order valence-electron chi connectivity index (χ2n) is 8.47. The van der Waals surface area contributed by atoms with Crippen LogP contribution in [-0.2, 0) is 10.2 Å². The fourth-order valence-corrected chi connectivity index (χ4v) is 2.65. The molecule has 0 heterocycles. The van der Waals surface area contributed by atoms with Gasteiger partial charge in [-0.15, -0.1) is 0 Å². The standard InChI is InChI=1S/C25H32O4/c1-18(2)15-16-28-22-13-7-19(17-23(22)27-6)8-14-24(26)29-21-11-9-20(10-12-21)25(3,4)5/h7-14,17-18H,15-16H2,1-6H3/b14-8+. The molecule has 2 aromatic carbocycles. The summed E-state index contributed by atoms with van der Waals surface area (Å²) in [6.07, 6.45) is 4.09. The molecule has 2 aromatic rings. The molecule has 0 bridgehead atoms. The zero-order valence-electron chi connectivity index (χ0n) is 18.3. The maximum absolute atomic E-state index is 12.1. The van der Waals surface area contributed by atoms with Crippen molar-refractivity contribution >= 4 is 12.0 Å². The highest BCUT2D eigenvalue weighted by Crippen LogP contribution is 2.29. The first-order valence-corrected chi connectivity index (χ1v) is 10.0. The van der Waals surface area contributed by atoms with Gasteiger partial charge in [-0.05, 0) is 59.2 Å². The first-order chi connectivity index (χ1) is 13.7. The number of hydrogen-bond donors (Lipinski definition) is 0. The monoisotopic (exact) mass is 396 g/mol. The van der Waals surface area contributed by atoms with E-state index >= 15 is 0 Å². The maximum Gasteiger partial charge on any atom is 0.336 e. The van der Waals surface area contributed by atoms with E-state index in [0.717, 1.165) is 12.0 Å². The van der Waals surface area contributed by atoms with Crippen molar-refractivity contribution in [3.8, 4) is 17.2 Å². The van der Waals surface area contributed by atoms with Gasteiger partial charge in [0.2, 0.25) is 0 Å². The summed E-state index contributed by atoms with van der Waals surface area (Å²) >= 11 is 0. The van der Waals surface area contributed by atoms with Crippen LogP contribution in [0, 0.1) is 5.92 Å². The number of benzene rings is 2. The Kier molecular flexibility index (Phi) is 7.89. The van der Waals surface area contributed by atoms with E-state index in [1.54, 1.807) is 13.2 Å². The summed E-state index contributed by atoms with van der Waals surface area (Å²) in [5.74, 6) is 2.02. The van der Waals surface area contributed by atoms with Gasteiger partial charge >= 0.3 is 5.97 Å². The average molecular weight is 397 g/mol. The van der Waals surface area contributed by atoms with Crippen LogP contribution in [0.4, 0.5) is 0 Å². The minimum absolute atomic E-state index is 0.0617. The molecule has 2 rings (SSSR count). The van der Waals surface area contributed by atoms with Crippen molar-refractivity contribution in [3.63, 3.8) is 0 Å². The van der Waals surface area contributed by atoms with Crippen LogP contribution in [0.3, 0.4) is 0 Å². The third-order valence-electron chi connectivity index (χ3n) is 4.49. The Labute approximate surface area is 174 Å². The van der Waals surface area contributed by atoms with E-state index in [1.165, 1.54) is 11.6 Å². The van der Waals surface area contributed by atoms with Crippen LogP contribution in [0.5, 0.6) is 17.2 Å². The first-order valence-electron chi connectivity index (χ1n) is 10.0. The van der Waals surface area contributed by atoms with E-state index in [4.69, 9.17) is 14.2 Å². The zero-order valence-corrected chi connectivity index (χ0v) is 18.3. The number of ether oxygens (including phenoxy) is 3. The average Bonchev–Trinajstić information content (AvgIpc) is 2.66. The normalized spacial score (nSPS) is 11.7. The van der Waals surface area contributed by atoms with Crippen molar-refractivity contribution in [1.82, 2.24) is 0 Å². The molecule has 0 amide bonds. The van der Waals surface area contributed by atoms with Crippen LogP contribution in [0.1, 0.15) is 52.2 Å². The highest BCUT2D eigenvalue weighted by Gasteiger charge is 2.13. The molecular formula is C25H32O4. The highest BCUT2D eigenvalue weighted by molar-refractivity contribution is 5.88. The smallest absolute Gasteiger partial charge is 0.336 e. The topological polar surface area (TPSA) is 44.8 Å². The molecule has 0 saturated carbocycles. The van der Waals surface area contributed by atoms with E-state index in [9.17, 15) is 4.79 Å². The van der Waals surface area contributed by atoms with Gasteiger partial charge in [0.05, 0.1) is 13.7 Å². The van der Waals surface area contributed by atoms with Gasteiger partial charge in [-0.25, -0.2) is 4.79 Å². The van der Waals surface area contributed by atoms with Crippen LogP contribution in [0.15, 0.2) is 48.5 Å². The third-order valence-corrected chi connectivity index (χ3v) is 4.49. The minimum atomic E-state index is -0.426. The molecule has 156 valence electrons. The summed E-state index contributed by atoms with van der Waals surface area (Å²) < 4.78 is 16.6. The Balaban J connectivity index is 1.98. The SMILES string of the molecule is COc1cc(/C=C/C(=O)Oc2ccc(C(C)(C)C)cc2)ccc1OCCC(C)C. The molecule has 0 spiro atoms. The summed E-state index contributed by atoms with van der Waals surface area (Å²) in [4.78, 5) is 12.1. The fraction of sp³-hybridized carbons (Fsp3) is 0.400. The third kappa shape index (κ3) is 7.30. The Bertz CT molecular complexity index is 827. The van der Waals surface area contributed by atoms with Crippen molar-refractivity contribution in [3.05, 3.63) is 59.7 Å². The van der Waals surface area contributed by atoms with Crippen molar-refractivity contribution in [2.45, 2.75) is 46.5 Å². The number of carbonyl (C=O) groups is 1. The molecule has 0 aliphatic rings. The summed E-state index contributed by atoms with van der Waals surface area (Å²) in [6, 6.07) is 13.2. The van der Waals surface area contributed by atoms with E-state index in [1.807, 2.05) is 42.5 Å². The first kappa shape index (κ1) is 22.5. The summed E-state index contributed by atoms with van der Waals surface area (Å²) in [5.41, 5.74) is 2.08. The number of rotatable bonds is 8. The van der Waals surface area contributed by atoms with Gasteiger partial charge in [-0.3, -0.25) is 0 Å². The van der Waals surface area contributed by atoms with Gasteiger partial charge in [0.1, 0.15) is 5.75 Å². The quantitative estimate of drug-likeness (QED) is 0.310. The number of methoxy groups -OCH3 is 1. The lowest BCUT2D eigenvalue weighted by Gasteiger charge is -2.18. The van der Waals surface area contributed by atoms with Crippen molar-refractivity contribution < 1.29 is 19.0 Å². The highest BCUT2D eigenvalue weighted by atomic mass is 16.5. The summed E-state index contributed by atoms with van der Waals surface area (Å²) in [5, 5.41) is 0. The van der Waals surface area contributed by atoms with E-state index in [-0.39, 0.29) is 5.41 Å². The van der Waals surface area contributed by atoms with Crippen molar-refractivity contribution in [1.29, 1.82) is 0 Å². The molecule has 0 radical (unpaired) electrons. The van der Waals surface area contributed by atoms with Gasteiger partial charge in [0.15, 0.2) is 11.5 Å². The van der Waals surface area contributed by atoms with E-state index in [2.05, 4.69) is 34.6 Å². The van der Waals surface area contributed by atoms with Gasteiger partial charge in [0, 0.05) is 6.08 Å². The zero-order chi connectivity index (χ0) is 21.4. The molecule has 29 heavy (non-hydrogen) atoms. The predicted octanol–water partition coefficient (Wildman–Crippen LogP) is 6.04. The van der Waals surface area contributed by atoms with E-state index in [0.29, 0.717) is 29.8 Å². The van der Waals surface area contributed by atoms with Gasteiger partial charge in [0.25, 0.3) is 0 Å². The molecule has 0 aromatic heterocycles. The van der Waals surface area contributed by atoms with Crippen LogP contribution in [0.2, 0.25) is 0 Å². The van der Waals surface area contributed by atoms with E-state index < -0.39 is 5.97 Å². The Morgan fingerprint density at radius 3 is 2.31 bits per heavy atom. The van der Waals surface area contributed by atoms with Gasteiger partial charge < -0.3 is 14.2 Å². The Morgan fingerprint density at radius 1 is 1.03 bits per heavy atom. The largest absolute Gasteiger partial charge is 0.493 e. The molecule has 0 unspecified atom stereocenters. The minimum Gasteiger partial charge on any atom is -0.493 e. The van der Waals surface area contributed by atoms with Gasteiger partial charge in [-0.2, -0.15) is 0 Å². The molecule has 0 atom stereocenters. The van der Waals surface area contributed by atoms with Crippen LogP contribution in [-0.4, -0.2) is 19.7 Å². The van der Waals surface area contributed by atoms with Crippen LogP contribution >= 0.6 is 0 Å². The lowest BCUT2D eigenvalue weighted by atomic mass is 9.87. The van der Waals surface area contributed by atoms with Crippen LogP contribution in [0.25, 0.3) is 6.08 Å². The van der Waals surface area contributed by atoms with Crippen LogP contribution < -0.4 is 14.2 Å². The second kappa shape index (κ2) is 10.1. The molecule has 0 aliphatic carbocycles. The van der Waals surface area contributed by atoms with Crippen molar-refractivity contribution in [2.24, 2.45) is 5.92 Å². The molecule has 0 aliphatic heterocycles. The Morgan fingerprint density at radius 2 is 1.72 bits per heavy atom.